The van der Waals surface area contributed by atoms with Gasteiger partial charge in [-0.2, -0.15) is 4.89 Å². The van der Waals surface area contributed by atoms with Gasteiger partial charge in [0.15, 0.2) is 5.76 Å². The fourth-order valence-electron chi connectivity index (χ4n) is 5.48. The maximum Gasteiger partial charge on any atom is 0.345 e. The predicted octanol–water partition coefficient (Wildman–Crippen LogP) is 5.29. The van der Waals surface area contributed by atoms with Crippen LogP contribution >= 0.6 is 0 Å². The van der Waals surface area contributed by atoms with Gasteiger partial charge >= 0.3 is 5.97 Å². The third kappa shape index (κ3) is 4.24. The fraction of sp³-hybridized carbons (Fsp3) is 0.393. The second kappa shape index (κ2) is 9.65. The summed E-state index contributed by atoms with van der Waals surface area (Å²) in [5, 5.41) is 11.9. The molecule has 0 saturated heterocycles. The van der Waals surface area contributed by atoms with Crippen LogP contribution in [-0.4, -0.2) is 24.8 Å². The number of cyclic esters (lactones) is 1. The molecule has 2 unspecified atom stereocenters. The summed E-state index contributed by atoms with van der Waals surface area (Å²) in [6.07, 6.45) is 8.07. The summed E-state index contributed by atoms with van der Waals surface area (Å²) < 4.78 is 11.0. The highest BCUT2D eigenvalue weighted by atomic mass is 17.2. The van der Waals surface area contributed by atoms with E-state index >= 15 is 0 Å². The smallest absolute Gasteiger partial charge is 0.345 e. The number of methoxy groups -OCH3 is 1. The van der Waals surface area contributed by atoms with Crippen LogP contribution in [0, 0.1) is 5.92 Å². The van der Waals surface area contributed by atoms with Gasteiger partial charge in [-0.15, -0.1) is 0 Å². The van der Waals surface area contributed by atoms with E-state index in [9.17, 15) is 9.90 Å². The lowest BCUT2D eigenvalue weighted by Crippen LogP contribution is -2.30. The molecule has 1 fully saturated rings. The van der Waals surface area contributed by atoms with Crippen molar-refractivity contribution in [1.29, 1.82) is 0 Å². The molecule has 1 aliphatic carbocycles. The summed E-state index contributed by atoms with van der Waals surface area (Å²) in [5.41, 5.74) is 2.45. The van der Waals surface area contributed by atoms with Gasteiger partial charge in [0.2, 0.25) is 0 Å². The average Bonchev–Trinajstić information content (AvgIpc) is 3.49. The molecule has 0 aromatic heterocycles. The summed E-state index contributed by atoms with van der Waals surface area (Å²) in [6.45, 7) is 0.241. The van der Waals surface area contributed by atoms with Crippen LogP contribution in [0.2, 0.25) is 0 Å². The number of carbonyl (C=O) groups is 1. The molecule has 2 atom stereocenters. The van der Waals surface area contributed by atoms with Crippen LogP contribution in [0.1, 0.15) is 55.6 Å². The van der Waals surface area contributed by atoms with E-state index in [0.717, 1.165) is 12.8 Å². The predicted molar refractivity (Wildman–Crippen MR) is 126 cm³/mol. The first-order valence-electron chi connectivity index (χ1n) is 12.0. The van der Waals surface area contributed by atoms with Gasteiger partial charge in [-0.05, 0) is 67.0 Å². The van der Waals surface area contributed by atoms with Gasteiger partial charge in [-0.1, -0.05) is 49.6 Å². The van der Waals surface area contributed by atoms with Gasteiger partial charge in [0.1, 0.15) is 17.9 Å². The zero-order valence-electron chi connectivity index (χ0n) is 19.4. The van der Waals surface area contributed by atoms with Crippen LogP contribution in [0.15, 0.2) is 77.6 Å². The van der Waals surface area contributed by atoms with Crippen LogP contribution in [0.3, 0.4) is 0 Å². The van der Waals surface area contributed by atoms with E-state index in [1.54, 1.807) is 37.5 Å². The molecule has 2 aromatic rings. The fourth-order valence-corrected chi connectivity index (χ4v) is 5.48. The van der Waals surface area contributed by atoms with Gasteiger partial charge < -0.3 is 19.5 Å². The van der Waals surface area contributed by atoms with Crippen molar-refractivity contribution in [3.8, 4) is 5.75 Å². The van der Waals surface area contributed by atoms with Crippen molar-refractivity contribution in [2.45, 2.75) is 50.2 Å². The Morgan fingerprint density at radius 2 is 1.79 bits per heavy atom. The number of hydrogen-bond donors (Lipinski definition) is 1. The molecule has 0 spiro atoms. The summed E-state index contributed by atoms with van der Waals surface area (Å²) in [5.74, 6) is -0.959. The number of carbonyl (C=O) groups excluding carboxylic acids is 1. The monoisotopic (exact) mass is 462 g/mol. The Bertz CT molecular complexity index is 1080. The Hall–Kier alpha value is -3.09. The Morgan fingerprint density at radius 1 is 1.06 bits per heavy atom. The van der Waals surface area contributed by atoms with Crippen LogP contribution in [0.4, 0.5) is 0 Å². The molecule has 2 aromatic carbocycles. The summed E-state index contributed by atoms with van der Waals surface area (Å²) in [4.78, 5) is 23.5. The Kier molecular flexibility index (Phi) is 6.44. The zero-order valence-corrected chi connectivity index (χ0v) is 19.4. The zero-order chi connectivity index (χ0) is 23.5. The maximum atomic E-state index is 13.1. The van der Waals surface area contributed by atoms with Gasteiger partial charge in [-0.25, -0.2) is 4.79 Å². The number of ether oxygens (including phenoxy) is 2. The lowest BCUT2D eigenvalue weighted by atomic mass is 9.72. The van der Waals surface area contributed by atoms with Gasteiger partial charge in [0.25, 0.3) is 5.79 Å². The van der Waals surface area contributed by atoms with E-state index in [0.29, 0.717) is 35.0 Å². The van der Waals surface area contributed by atoms with Gasteiger partial charge in [-0.3, -0.25) is 0 Å². The quantitative estimate of drug-likeness (QED) is 0.445. The molecule has 6 heteroatoms. The van der Waals surface area contributed by atoms with Crippen molar-refractivity contribution < 1.29 is 29.1 Å². The highest BCUT2D eigenvalue weighted by molar-refractivity contribution is 5.97. The lowest BCUT2D eigenvalue weighted by Gasteiger charge is -2.34. The van der Waals surface area contributed by atoms with E-state index in [1.165, 1.54) is 24.8 Å². The molecule has 0 bridgehead atoms. The molecule has 0 radical (unpaired) electrons. The number of esters is 1. The Morgan fingerprint density at radius 3 is 2.44 bits per heavy atom. The molecular weight excluding hydrogens is 432 g/mol. The lowest BCUT2D eigenvalue weighted by molar-refractivity contribution is -0.231. The second-order valence-electron chi connectivity index (χ2n) is 9.17. The minimum absolute atomic E-state index is 0.133. The van der Waals surface area contributed by atoms with Crippen LogP contribution in [-0.2, 0) is 25.1 Å². The normalized spacial score (nSPS) is 23.9. The van der Waals surface area contributed by atoms with Crippen molar-refractivity contribution in [2.75, 3.05) is 13.7 Å². The van der Waals surface area contributed by atoms with Crippen molar-refractivity contribution in [3.63, 3.8) is 0 Å². The third-order valence-corrected chi connectivity index (χ3v) is 7.24. The molecule has 2 aliphatic heterocycles. The topological polar surface area (TPSA) is 74.2 Å². The SMILES string of the molecule is COc1ccc(C2(O)OC(=O)C(C3=CCOO3)=C2CC(c2ccccc2)C2CCCCC2)cc1. The van der Waals surface area contributed by atoms with E-state index in [4.69, 9.17) is 19.2 Å². The number of rotatable bonds is 7. The highest BCUT2D eigenvalue weighted by Crippen LogP contribution is 2.49. The van der Waals surface area contributed by atoms with Crippen LogP contribution < -0.4 is 4.74 Å². The average molecular weight is 463 g/mol. The molecule has 178 valence electrons. The molecule has 2 heterocycles. The van der Waals surface area contributed by atoms with Crippen molar-refractivity contribution in [1.82, 2.24) is 0 Å². The van der Waals surface area contributed by atoms with Crippen molar-refractivity contribution in [3.05, 3.63) is 88.7 Å². The minimum Gasteiger partial charge on any atom is -0.497 e. The van der Waals surface area contributed by atoms with E-state index in [1.807, 2.05) is 18.2 Å². The highest BCUT2D eigenvalue weighted by Gasteiger charge is 2.51. The first kappa shape index (κ1) is 22.7. The first-order chi connectivity index (χ1) is 16.6. The molecule has 34 heavy (non-hydrogen) atoms. The summed E-state index contributed by atoms with van der Waals surface area (Å²) in [6, 6.07) is 17.3. The largest absolute Gasteiger partial charge is 0.497 e. The first-order valence-corrected chi connectivity index (χ1v) is 12.0. The van der Waals surface area contributed by atoms with E-state index in [2.05, 4.69) is 12.1 Å². The van der Waals surface area contributed by atoms with Gasteiger partial charge in [0.05, 0.1) is 7.11 Å². The molecule has 0 amide bonds. The van der Waals surface area contributed by atoms with E-state index < -0.39 is 11.8 Å². The summed E-state index contributed by atoms with van der Waals surface area (Å²) >= 11 is 0. The number of benzene rings is 2. The van der Waals surface area contributed by atoms with Crippen LogP contribution in [0.5, 0.6) is 5.75 Å². The number of hydrogen-bond acceptors (Lipinski definition) is 6. The number of aliphatic hydroxyl groups is 1. The van der Waals surface area contributed by atoms with Crippen LogP contribution in [0.25, 0.3) is 0 Å². The Labute approximate surface area is 199 Å². The molecule has 1 saturated carbocycles. The second-order valence-corrected chi connectivity index (χ2v) is 9.17. The van der Waals surface area contributed by atoms with E-state index in [-0.39, 0.29) is 18.1 Å². The molecule has 6 nitrogen and oxygen atoms in total. The maximum absolute atomic E-state index is 13.1. The standard InChI is InChI=1S/C28H30O6/c1-31-22-14-12-21(13-15-22)28(30)24(26(27(29)33-28)25-16-17-32-34-25)18-23(19-8-4-2-5-9-19)20-10-6-3-7-11-20/h2,4-5,8-9,12-16,20,23,30H,3,6-7,10-11,17-18H2,1H3. The molecule has 5 rings (SSSR count). The van der Waals surface area contributed by atoms with Crippen molar-refractivity contribution >= 4 is 5.97 Å². The Balaban J connectivity index is 1.61. The summed E-state index contributed by atoms with van der Waals surface area (Å²) in [7, 11) is 1.58. The van der Waals surface area contributed by atoms with Gasteiger partial charge in [0, 0.05) is 11.1 Å². The van der Waals surface area contributed by atoms with Crippen molar-refractivity contribution in [2.24, 2.45) is 5.92 Å². The molecule has 3 aliphatic rings. The molecule has 1 N–H and O–H groups in total. The third-order valence-electron chi connectivity index (χ3n) is 7.24. The minimum atomic E-state index is -1.90. The molecular formula is C28H30O6.